The molecular formula is C20H33ClIN3O3. The van der Waals surface area contributed by atoms with E-state index in [0.717, 1.165) is 74.2 Å². The van der Waals surface area contributed by atoms with Crippen molar-refractivity contribution >= 4 is 41.5 Å². The van der Waals surface area contributed by atoms with Gasteiger partial charge in [-0.1, -0.05) is 17.7 Å². The van der Waals surface area contributed by atoms with E-state index in [-0.39, 0.29) is 30.1 Å². The van der Waals surface area contributed by atoms with Gasteiger partial charge >= 0.3 is 0 Å². The molecule has 1 aliphatic rings. The molecule has 0 amide bonds. The van der Waals surface area contributed by atoms with Gasteiger partial charge in [0.05, 0.1) is 19.8 Å². The van der Waals surface area contributed by atoms with Crippen LogP contribution in [0.3, 0.4) is 0 Å². The lowest BCUT2D eigenvalue weighted by atomic mass is 10.1. The second kappa shape index (κ2) is 15.1. The molecule has 0 bridgehead atoms. The Labute approximate surface area is 190 Å². The summed E-state index contributed by atoms with van der Waals surface area (Å²) in [5.74, 6) is 1.59. The van der Waals surface area contributed by atoms with Gasteiger partial charge < -0.3 is 24.8 Å². The highest BCUT2D eigenvalue weighted by Gasteiger charge is 2.14. The maximum absolute atomic E-state index is 6.29. The summed E-state index contributed by atoms with van der Waals surface area (Å²) in [6.07, 6.45) is 4.27. The zero-order chi connectivity index (χ0) is 19.3. The van der Waals surface area contributed by atoms with E-state index in [9.17, 15) is 0 Å². The van der Waals surface area contributed by atoms with Gasteiger partial charge in [0.15, 0.2) is 5.96 Å². The lowest BCUT2D eigenvalue weighted by molar-refractivity contribution is 0.0171. The van der Waals surface area contributed by atoms with Crippen LogP contribution in [0, 0.1) is 0 Å². The molecule has 1 aromatic carbocycles. The second-order valence-electron chi connectivity index (χ2n) is 6.46. The summed E-state index contributed by atoms with van der Waals surface area (Å²) < 4.78 is 16.4. The largest absolute Gasteiger partial charge is 0.497 e. The van der Waals surface area contributed by atoms with Crippen LogP contribution in [-0.2, 0) is 15.9 Å². The van der Waals surface area contributed by atoms with Gasteiger partial charge in [0.2, 0.25) is 0 Å². The molecule has 1 heterocycles. The predicted octanol–water partition coefficient (Wildman–Crippen LogP) is 3.65. The molecule has 8 heteroatoms. The van der Waals surface area contributed by atoms with Gasteiger partial charge in [-0.3, -0.25) is 4.99 Å². The van der Waals surface area contributed by atoms with Crippen molar-refractivity contribution in [1.29, 1.82) is 0 Å². The van der Waals surface area contributed by atoms with Crippen molar-refractivity contribution in [3.05, 3.63) is 28.8 Å². The van der Waals surface area contributed by atoms with Crippen molar-refractivity contribution in [1.82, 2.24) is 10.6 Å². The summed E-state index contributed by atoms with van der Waals surface area (Å²) in [6.45, 7) is 6.65. The number of rotatable bonds is 11. The number of nitrogens with one attached hydrogen (secondary N) is 2. The Kier molecular flexibility index (Phi) is 13.6. The molecule has 2 rings (SSSR count). The van der Waals surface area contributed by atoms with E-state index in [1.807, 2.05) is 18.2 Å². The molecule has 1 aliphatic heterocycles. The zero-order valence-electron chi connectivity index (χ0n) is 16.8. The summed E-state index contributed by atoms with van der Waals surface area (Å²) in [6, 6.07) is 5.77. The van der Waals surface area contributed by atoms with Gasteiger partial charge in [-0.2, -0.15) is 0 Å². The van der Waals surface area contributed by atoms with Crippen LogP contribution < -0.4 is 15.4 Å². The maximum atomic E-state index is 6.29. The molecule has 160 valence electrons. The summed E-state index contributed by atoms with van der Waals surface area (Å²) in [5, 5.41) is 7.33. The molecule has 0 saturated carbocycles. The minimum Gasteiger partial charge on any atom is -0.497 e. The van der Waals surface area contributed by atoms with Crippen LogP contribution in [0.5, 0.6) is 5.75 Å². The van der Waals surface area contributed by atoms with Crippen molar-refractivity contribution in [2.45, 2.75) is 38.7 Å². The lowest BCUT2D eigenvalue weighted by Crippen LogP contribution is -2.38. The Bertz CT molecular complexity index is 584. The summed E-state index contributed by atoms with van der Waals surface area (Å²) >= 11 is 6.29. The van der Waals surface area contributed by atoms with Gasteiger partial charge in [-0.25, -0.2) is 0 Å². The van der Waals surface area contributed by atoms with Crippen LogP contribution in [0.2, 0.25) is 5.02 Å². The number of halogens is 2. The summed E-state index contributed by atoms with van der Waals surface area (Å²) in [4.78, 5) is 4.59. The first-order valence-corrected chi connectivity index (χ1v) is 10.1. The molecule has 1 fully saturated rings. The standard InChI is InChI=1S/C20H32ClN3O3.HI/c1-3-22-20(23-10-5-12-26-15-18-6-4-13-27-18)24-11-9-16-7-8-17(25-2)14-19(16)21;/h7-8,14,18H,3-6,9-13,15H2,1-2H3,(H2,22,23,24);1H. The van der Waals surface area contributed by atoms with E-state index >= 15 is 0 Å². The highest BCUT2D eigenvalue weighted by Crippen LogP contribution is 2.22. The molecule has 1 unspecified atom stereocenters. The number of methoxy groups -OCH3 is 1. The number of ether oxygens (including phenoxy) is 3. The molecule has 2 N–H and O–H groups in total. The van der Waals surface area contributed by atoms with Crippen LogP contribution in [0.25, 0.3) is 0 Å². The van der Waals surface area contributed by atoms with E-state index in [1.165, 1.54) is 0 Å². The molecular weight excluding hydrogens is 493 g/mol. The van der Waals surface area contributed by atoms with Crippen LogP contribution in [0.1, 0.15) is 31.7 Å². The fraction of sp³-hybridized carbons (Fsp3) is 0.650. The predicted molar refractivity (Wildman–Crippen MR) is 126 cm³/mol. The smallest absolute Gasteiger partial charge is 0.191 e. The van der Waals surface area contributed by atoms with Gasteiger partial charge in [0.25, 0.3) is 0 Å². The fourth-order valence-electron chi connectivity index (χ4n) is 2.86. The minimum absolute atomic E-state index is 0. The molecule has 0 spiro atoms. The number of benzene rings is 1. The second-order valence-corrected chi connectivity index (χ2v) is 6.87. The van der Waals surface area contributed by atoms with E-state index in [1.54, 1.807) is 7.11 Å². The number of nitrogens with zero attached hydrogens (tertiary/aromatic N) is 1. The highest BCUT2D eigenvalue weighted by molar-refractivity contribution is 14.0. The first-order valence-electron chi connectivity index (χ1n) is 9.77. The number of hydrogen-bond acceptors (Lipinski definition) is 4. The van der Waals surface area contributed by atoms with Crippen molar-refractivity contribution in [2.75, 3.05) is 46.6 Å². The Balaban J connectivity index is 0.00000392. The van der Waals surface area contributed by atoms with Crippen LogP contribution in [0.15, 0.2) is 23.2 Å². The van der Waals surface area contributed by atoms with E-state index in [2.05, 4.69) is 22.5 Å². The van der Waals surface area contributed by atoms with Gasteiger partial charge in [-0.15, -0.1) is 24.0 Å². The molecule has 1 aromatic rings. The van der Waals surface area contributed by atoms with Gasteiger partial charge in [-0.05, 0) is 50.3 Å². The molecule has 0 aliphatic carbocycles. The maximum Gasteiger partial charge on any atom is 0.191 e. The summed E-state index contributed by atoms with van der Waals surface area (Å²) in [7, 11) is 1.64. The fourth-order valence-corrected chi connectivity index (χ4v) is 3.13. The van der Waals surface area contributed by atoms with E-state index in [0.29, 0.717) is 13.2 Å². The highest BCUT2D eigenvalue weighted by atomic mass is 127. The number of hydrogen-bond donors (Lipinski definition) is 2. The van der Waals surface area contributed by atoms with Crippen molar-refractivity contribution in [2.24, 2.45) is 4.99 Å². The van der Waals surface area contributed by atoms with E-state index < -0.39 is 0 Å². The van der Waals surface area contributed by atoms with Gasteiger partial charge in [0.1, 0.15) is 5.75 Å². The lowest BCUT2D eigenvalue weighted by Gasteiger charge is -2.12. The first-order chi connectivity index (χ1) is 13.2. The molecule has 28 heavy (non-hydrogen) atoms. The normalized spacial score (nSPS) is 16.5. The molecule has 1 atom stereocenters. The molecule has 6 nitrogen and oxygen atoms in total. The van der Waals surface area contributed by atoms with Crippen molar-refractivity contribution < 1.29 is 14.2 Å². The SMILES string of the molecule is CCNC(=NCCCOCC1CCCO1)NCCc1ccc(OC)cc1Cl.I. The minimum atomic E-state index is 0. The zero-order valence-corrected chi connectivity index (χ0v) is 19.9. The molecule has 1 saturated heterocycles. The van der Waals surface area contributed by atoms with E-state index in [4.69, 9.17) is 25.8 Å². The summed E-state index contributed by atoms with van der Waals surface area (Å²) in [5.41, 5.74) is 1.09. The third-order valence-corrected chi connectivity index (χ3v) is 4.69. The molecule has 0 aromatic heterocycles. The Morgan fingerprint density at radius 2 is 2.21 bits per heavy atom. The van der Waals surface area contributed by atoms with Crippen LogP contribution >= 0.6 is 35.6 Å². The van der Waals surface area contributed by atoms with Gasteiger partial charge in [0, 0.05) is 37.9 Å². The topological polar surface area (TPSA) is 64.1 Å². The third-order valence-electron chi connectivity index (χ3n) is 4.34. The molecule has 0 radical (unpaired) electrons. The first kappa shape index (κ1) is 25.3. The van der Waals surface area contributed by atoms with Crippen molar-refractivity contribution in [3.63, 3.8) is 0 Å². The average molecular weight is 526 g/mol. The van der Waals surface area contributed by atoms with Crippen LogP contribution in [-0.4, -0.2) is 58.6 Å². The average Bonchev–Trinajstić information content (AvgIpc) is 3.19. The number of aliphatic imine (C=N–C) groups is 1. The Morgan fingerprint density at radius 1 is 1.36 bits per heavy atom. The van der Waals surface area contributed by atoms with Crippen LogP contribution in [0.4, 0.5) is 0 Å². The quantitative estimate of drug-likeness (QED) is 0.200. The Hall–Kier alpha value is -0.770. The third kappa shape index (κ3) is 9.62. The number of guanidine groups is 1. The van der Waals surface area contributed by atoms with Crippen molar-refractivity contribution in [3.8, 4) is 5.75 Å². The Morgan fingerprint density at radius 3 is 2.89 bits per heavy atom. The monoisotopic (exact) mass is 525 g/mol.